The maximum atomic E-state index is 5.57. The molecule has 2 rings (SSSR count). The fraction of sp³-hybridized carbons (Fsp3) is 0.952. The van der Waals surface area contributed by atoms with Crippen LogP contribution >= 0.6 is 24.0 Å². The summed E-state index contributed by atoms with van der Waals surface area (Å²) in [5.41, 5.74) is 0. The van der Waals surface area contributed by atoms with Crippen LogP contribution < -0.4 is 10.6 Å². The summed E-state index contributed by atoms with van der Waals surface area (Å²) in [6, 6.07) is 1.73. The number of guanidine groups is 1. The minimum absolute atomic E-state index is 0. The van der Waals surface area contributed by atoms with Crippen LogP contribution in [0.5, 0.6) is 0 Å². The number of morpholine rings is 1. The van der Waals surface area contributed by atoms with Gasteiger partial charge in [0.2, 0.25) is 0 Å². The minimum Gasteiger partial charge on any atom is -0.379 e. The predicted octanol–water partition coefficient (Wildman–Crippen LogP) is 2.78. The molecule has 1 unspecified atom stereocenters. The van der Waals surface area contributed by atoms with Gasteiger partial charge in [0, 0.05) is 57.9 Å². The van der Waals surface area contributed by atoms with Crippen LogP contribution in [0.1, 0.15) is 53.4 Å². The smallest absolute Gasteiger partial charge is 0.191 e. The zero-order valence-corrected chi connectivity index (χ0v) is 21.1. The Morgan fingerprint density at radius 2 is 1.64 bits per heavy atom. The van der Waals surface area contributed by atoms with Crippen molar-refractivity contribution in [2.45, 2.75) is 71.5 Å². The Balaban J connectivity index is 0.00000392. The van der Waals surface area contributed by atoms with Crippen LogP contribution in [0.3, 0.4) is 0 Å². The van der Waals surface area contributed by atoms with E-state index in [2.05, 4.69) is 53.1 Å². The Morgan fingerprint density at radius 3 is 2.14 bits per heavy atom. The Bertz CT molecular complexity index is 431. The summed E-state index contributed by atoms with van der Waals surface area (Å²) in [4.78, 5) is 9.68. The second-order valence-corrected chi connectivity index (χ2v) is 8.29. The van der Waals surface area contributed by atoms with E-state index >= 15 is 0 Å². The number of nitrogens with zero attached hydrogens (tertiary/aromatic N) is 3. The lowest BCUT2D eigenvalue weighted by atomic mass is 9.92. The highest BCUT2D eigenvalue weighted by Gasteiger charge is 2.27. The van der Waals surface area contributed by atoms with E-state index in [0.29, 0.717) is 24.0 Å². The van der Waals surface area contributed by atoms with Gasteiger partial charge in [-0.1, -0.05) is 26.7 Å². The molecule has 7 heteroatoms. The SMILES string of the molecule is CCC(CC)C(CNC(=NC)NC1CCN(C(C)C)CC1)N1CCOCC1.I. The highest BCUT2D eigenvalue weighted by molar-refractivity contribution is 14.0. The Morgan fingerprint density at radius 1 is 1.04 bits per heavy atom. The Hall–Kier alpha value is -0.120. The van der Waals surface area contributed by atoms with Crippen LogP contribution in [0.2, 0.25) is 0 Å². The molecule has 0 aliphatic carbocycles. The van der Waals surface area contributed by atoms with E-state index < -0.39 is 0 Å². The van der Waals surface area contributed by atoms with Crippen molar-refractivity contribution in [2.24, 2.45) is 10.9 Å². The maximum absolute atomic E-state index is 5.57. The molecular formula is C21H44IN5O. The monoisotopic (exact) mass is 509 g/mol. The number of ether oxygens (including phenoxy) is 1. The summed E-state index contributed by atoms with van der Waals surface area (Å²) in [5.74, 6) is 1.67. The van der Waals surface area contributed by atoms with Crippen LogP contribution in [0.25, 0.3) is 0 Å². The molecular weight excluding hydrogens is 465 g/mol. The second kappa shape index (κ2) is 14.0. The largest absolute Gasteiger partial charge is 0.379 e. The number of hydrogen-bond acceptors (Lipinski definition) is 4. The molecule has 0 aromatic rings. The fourth-order valence-corrected chi connectivity index (χ4v) is 4.49. The number of likely N-dealkylation sites (tertiary alicyclic amines) is 1. The summed E-state index contributed by atoms with van der Waals surface area (Å²) < 4.78 is 5.57. The first-order valence-electron chi connectivity index (χ1n) is 11.1. The Kier molecular flexibility index (Phi) is 12.9. The molecule has 2 fully saturated rings. The van der Waals surface area contributed by atoms with Crippen LogP contribution in [0.4, 0.5) is 0 Å². The van der Waals surface area contributed by atoms with E-state index in [1.807, 2.05) is 7.05 Å². The van der Waals surface area contributed by atoms with E-state index in [-0.39, 0.29) is 24.0 Å². The van der Waals surface area contributed by atoms with Crippen LogP contribution in [-0.2, 0) is 4.74 Å². The standard InChI is InChI=1S/C21H43N5O.HI/c1-6-18(7-2)20(26-12-14-27-15-13-26)16-23-21(22-5)24-19-8-10-25(11-9-19)17(3)4;/h17-20H,6-16H2,1-5H3,(H2,22,23,24);1H. The average Bonchev–Trinajstić information content (AvgIpc) is 2.71. The summed E-state index contributed by atoms with van der Waals surface area (Å²) in [6.45, 7) is 16.3. The Labute approximate surface area is 190 Å². The van der Waals surface area contributed by atoms with Crippen molar-refractivity contribution in [1.82, 2.24) is 20.4 Å². The molecule has 0 radical (unpaired) electrons. The minimum atomic E-state index is 0. The number of piperidine rings is 1. The van der Waals surface area contributed by atoms with Crippen molar-refractivity contribution in [3.63, 3.8) is 0 Å². The van der Waals surface area contributed by atoms with Crippen molar-refractivity contribution in [2.75, 3.05) is 53.0 Å². The molecule has 2 aliphatic rings. The molecule has 28 heavy (non-hydrogen) atoms. The second-order valence-electron chi connectivity index (χ2n) is 8.29. The molecule has 2 aliphatic heterocycles. The number of rotatable bonds is 8. The summed E-state index contributed by atoms with van der Waals surface area (Å²) >= 11 is 0. The average molecular weight is 510 g/mol. The van der Waals surface area contributed by atoms with Gasteiger partial charge >= 0.3 is 0 Å². The van der Waals surface area contributed by atoms with Gasteiger partial charge in [0.15, 0.2) is 5.96 Å². The molecule has 0 amide bonds. The molecule has 2 heterocycles. The molecule has 0 saturated carbocycles. The van der Waals surface area contributed by atoms with Crippen molar-refractivity contribution in [1.29, 1.82) is 0 Å². The van der Waals surface area contributed by atoms with Crippen LogP contribution in [0, 0.1) is 5.92 Å². The van der Waals surface area contributed by atoms with Crippen molar-refractivity contribution in [3.8, 4) is 0 Å². The van der Waals surface area contributed by atoms with Gasteiger partial charge in [-0.25, -0.2) is 0 Å². The number of halogens is 1. The van der Waals surface area contributed by atoms with E-state index in [1.54, 1.807) is 0 Å². The van der Waals surface area contributed by atoms with E-state index in [1.165, 1.54) is 38.8 Å². The topological polar surface area (TPSA) is 52.1 Å². The lowest BCUT2D eigenvalue weighted by Crippen LogP contribution is -2.55. The molecule has 0 aromatic carbocycles. The molecule has 6 nitrogen and oxygen atoms in total. The van der Waals surface area contributed by atoms with E-state index in [4.69, 9.17) is 4.74 Å². The lowest BCUT2D eigenvalue weighted by Gasteiger charge is -2.39. The van der Waals surface area contributed by atoms with Gasteiger partial charge in [-0.15, -0.1) is 24.0 Å². The van der Waals surface area contributed by atoms with Crippen molar-refractivity contribution >= 4 is 29.9 Å². The van der Waals surface area contributed by atoms with Gasteiger partial charge < -0.3 is 20.3 Å². The molecule has 0 aromatic heterocycles. The van der Waals surface area contributed by atoms with Gasteiger partial charge in [-0.05, 0) is 32.6 Å². The van der Waals surface area contributed by atoms with Gasteiger partial charge in [0.1, 0.15) is 0 Å². The molecule has 2 saturated heterocycles. The van der Waals surface area contributed by atoms with Crippen molar-refractivity contribution < 1.29 is 4.74 Å². The molecule has 166 valence electrons. The molecule has 1 atom stereocenters. The number of nitrogens with one attached hydrogen (secondary N) is 2. The van der Waals surface area contributed by atoms with E-state index in [0.717, 1.165) is 38.8 Å². The maximum Gasteiger partial charge on any atom is 0.191 e. The summed E-state index contributed by atoms with van der Waals surface area (Å²) in [7, 11) is 1.89. The third-order valence-electron chi connectivity index (χ3n) is 6.41. The van der Waals surface area contributed by atoms with Gasteiger partial charge in [-0.2, -0.15) is 0 Å². The fourth-order valence-electron chi connectivity index (χ4n) is 4.49. The van der Waals surface area contributed by atoms with Gasteiger partial charge in [0.05, 0.1) is 13.2 Å². The van der Waals surface area contributed by atoms with Crippen LogP contribution in [0.15, 0.2) is 4.99 Å². The van der Waals surface area contributed by atoms with Crippen molar-refractivity contribution in [3.05, 3.63) is 0 Å². The lowest BCUT2D eigenvalue weighted by molar-refractivity contribution is 0.00270. The number of aliphatic imine (C=N–C) groups is 1. The van der Waals surface area contributed by atoms with Crippen LogP contribution in [-0.4, -0.2) is 86.9 Å². The first-order chi connectivity index (χ1) is 13.1. The predicted molar refractivity (Wildman–Crippen MR) is 130 cm³/mol. The number of hydrogen-bond donors (Lipinski definition) is 2. The quantitative estimate of drug-likeness (QED) is 0.300. The summed E-state index contributed by atoms with van der Waals surface area (Å²) in [5, 5.41) is 7.31. The molecule has 2 N–H and O–H groups in total. The zero-order valence-electron chi connectivity index (χ0n) is 18.7. The van der Waals surface area contributed by atoms with E-state index in [9.17, 15) is 0 Å². The molecule has 0 spiro atoms. The third-order valence-corrected chi connectivity index (χ3v) is 6.41. The third kappa shape index (κ3) is 7.95. The normalized spacial score (nSPS) is 21.6. The summed E-state index contributed by atoms with van der Waals surface area (Å²) in [6.07, 6.45) is 4.83. The molecule has 0 bridgehead atoms. The highest BCUT2D eigenvalue weighted by Crippen LogP contribution is 2.19. The first kappa shape index (κ1) is 25.9. The highest BCUT2D eigenvalue weighted by atomic mass is 127. The zero-order chi connectivity index (χ0) is 19.6. The van der Waals surface area contributed by atoms with Gasteiger partial charge in [0.25, 0.3) is 0 Å². The first-order valence-corrected chi connectivity index (χ1v) is 11.1. The van der Waals surface area contributed by atoms with Gasteiger partial charge in [-0.3, -0.25) is 9.89 Å².